The quantitative estimate of drug-likeness (QED) is 0.629. The van der Waals surface area contributed by atoms with Crippen molar-refractivity contribution in [2.45, 2.75) is 38.1 Å². The van der Waals surface area contributed by atoms with Crippen LogP contribution in [0, 0.1) is 12.8 Å². The Kier molecular flexibility index (Phi) is 8.07. The van der Waals surface area contributed by atoms with E-state index in [1.165, 1.54) is 11.8 Å². The molecule has 0 spiro atoms. The van der Waals surface area contributed by atoms with Crippen molar-refractivity contribution < 1.29 is 9.59 Å². The maximum Gasteiger partial charge on any atom is 0.234 e. The molecule has 1 aromatic carbocycles. The summed E-state index contributed by atoms with van der Waals surface area (Å²) in [6, 6.07) is 11.5. The average Bonchev–Trinajstić information content (AvgIpc) is 2.78. The van der Waals surface area contributed by atoms with Crippen molar-refractivity contribution in [2.24, 2.45) is 5.92 Å². The molecule has 1 saturated heterocycles. The van der Waals surface area contributed by atoms with E-state index in [1.54, 1.807) is 0 Å². The molecule has 30 heavy (non-hydrogen) atoms. The lowest BCUT2D eigenvalue weighted by Gasteiger charge is -2.32. The molecule has 1 atom stereocenters. The first-order valence-corrected chi connectivity index (χ1v) is 11.4. The van der Waals surface area contributed by atoms with Gasteiger partial charge in [0.15, 0.2) is 5.82 Å². The van der Waals surface area contributed by atoms with E-state index in [0.717, 1.165) is 49.4 Å². The lowest BCUT2D eigenvalue weighted by Crippen LogP contribution is -2.43. The molecule has 2 aromatic rings. The zero-order chi connectivity index (χ0) is 21.3. The molecule has 3 rings (SSSR count). The number of amides is 2. The molecule has 1 aliphatic rings. The van der Waals surface area contributed by atoms with Gasteiger partial charge in [0.1, 0.15) is 5.03 Å². The Balaban J connectivity index is 1.48. The van der Waals surface area contributed by atoms with Gasteiger partial charge in [0, 0.05) is 25.3 Å². The van der Waals surface area contributed by atoms with Crippen molar-refractivity contribution in [2.75, 3.05) is 35.6 Å². The Morgan fingerprint density at radius 1 is 1.17 bits per heavy atom. The van der Waals surface area contributed by atoms with Crippen molar-refractivity contribution >= 4 is 35.1 Å². The van der Waals surface area contributed by atoms with Crippen molar-refractivity contribution in [3.05, 3.63) is 42.0 Å². The van der Waals surface area contributed by atoms with Gasteiger partial charge in [-0.15, -0.1) is 10.2 Å². The fourth-order valence-electron chi connectivity index (χ4n) is 3.32. The van der Waals surface area contributed by atoms with Gasteiger partial charge in [-0.05, 0) is 50.5 Å². The highest BCUT2D eigenvalue weighted by molar-refractivity contribution is 7.99. The minimum atomic E-state index is -0.0771. The number of piperidine rings is 1. The molecule has 0 radical (unpaired) electrons. The number of hydrogen-bond donors (Lipinski definition) is 2. The number of hydrogen-bond acceptors (Lipinski definition) is 6. The molecular weight excluding hydrogens is 398 g/mol. The molecule has 2 N–H and O–H groups in total. The van der Waals surface area contributed by atoms with E-state index in [4.69, 9.17) is 0 Å². The number of nitrogens with zero attached hydrogens (tertiary/aromatic N) is 3. The Morgan fingerprint density at radius 3 is 2.67 bits per heavy atom. The fraction of sp³-hybridized carbons (Fsp3) is 0.455. The first-order valence-electron chi connectivity index (χ1n) is 10.4. The Morgan fingerprint density at radius 2 is 1.97 bits per heavy atom. The number of aromatic nitrogens is 2. The molecule has 1 aromatic heterocycles. The van der Waals surface area contributed by atoms with E-state index in [0.29, 0.717) is 11.6 Å². The van der Waals surface area contributed by atoms with Crippen LogP contribution in [0.2, 0.25) is 0 Å². The van der Waals surface area contributed by atoms with Crippen LogP contribution < -0.4 is 15.5 Å². The summed E-state index contributed by atoms with van der Waals surface area (Å²) in [7, 11) is 0. The number of thioether (sulfide) groups is 1. The van der Waals surface area contributed by atoms with Gasteiger partial charge >= 0.3 is 0 Å². The highest BCUT2D eigenvalue weighted by Crippen LogP contribution is 2.23. The molecule has 1 aliphatic heterocycles. The second-order valence-electron chi connectivity index (χ2n) is 7.51. The number of carbonyl (C=O) groups excluding carboxylic acids is 2. The summed E-state index contributed by atoms with van der Waals surface area (Å²) >= 11 is 1.35. The zero-order valence-corrected chi connectivity index (χ0v) is 18.4. The molecule has 1 unspecified atom stereocenters. The molecule has 8 heteroatoms. The molecule has 1 fully saturated rings. The van der Waals surface area contributed by atoms with Crippen LogP contribution in [0.15, 0.2) is 41.4 Å². The van der Waals surface area contributed by atoms with Crippen LogP contribution in [0.4, 0.5) is 11.5 Å². The predicted octanol–water partition coefficient (Wildman–Crippen LogP) is 3.26. The van der Waals surface area contributed by atoms with E-state index >= 15 is 0 Å². The summed E-state index contributed by atoms with van der Waals surface area (Å²) in [5.74, 6) is 1.08. The number of benzene rings is 1. The minimum absolute atomic E-state index is 0.00776. The van der Waals surface area contributed by atoms with Crippen LogP contribution in [0.25, 0.3) is 0 Å². The second-order valence-corrected chi connectivity index (χ2v) is 8.50. The summed E-state index contributed by atoms with van der Waals surface area (Å²) in [6.45, 7) is 6.32. The van der Waals surface area contributed by atoms with Gasteiger partial charge in [-0.25, -0.2) is 0 Å². The number of nitrogens with one attached hydrogen (secondary N) is 2. The monoisotopic (exact) mass is 427 g/mol. The summed E-state index contributed by atoms with van der Waals surface area (Å²) in [6.07, 6.45) is 2.81. The first-order chi connectivity index (χ1) is 14.5. The van der Waals surface area contributed by atoms with Crippen LogP contribution in [0.1, 0.15) is 31.7 Å². The van der Waals surface area contributed by atoms with Gasteiger partial charge in [0.25, 0.3) is 0 Å². The van der Waals surface area contributed by atoms with E-state index < -0.39 is 0 Å². The Hall–Kier alpha value is -2.61. The van der Waals surface area contributed by atoms with Gasteiger partial charge in [0.2, 0.25) is 11.8 Å². The predicted molar refractivity (Wildman–Crippen MR) is 121 cm³/mol. The number of carbonyl (C=O) groups is 2. The maximum absolute atomic E-state index is 12.3. The van der Waals surface area contributed by atoms with Crippen molar-refractivity contribution in [1.82, 2.24) is 15.5 Å². The summed E-state index contributed by atoms with van der Waals surface area (Å²) in [4.78, 5) is 26.5. The summed E-state index contributed by atoms with van der Waals surface area (Å²) < 4.78 is 0. The van der Waals surface area contributed by atoms with Crippen LogP contribution in [0.5, 0.6) is 0 Å². The normalized spacial score (nSPS) is 16.2. The van der Waals surface area contributed by atoms with Crippen molar-refractivity contribution in [3.63, 3.8) is 0 Å². The lowest BCUT2D eigenvalue weighted by atomic mass is 9.97. The topological polar surface area (TPSA) is 87.2 Å². The van der Waals surface area contributed by atoms with E-state index in [-0.39, 0.29) is 23.5 Å². The molecular formula is C22H29N5O2S. The molecule has 160 valence electrons. The third-order valence-corrected chi connectivity index (χ3v) is 5.90. The Bertz CT molecular complexity index is 842. The molecule has 7 nitrogen and oxygen atoms in total. The Labute approximate surface area is 182 Å². The van der Waals surface area contributed by atoms with E-state index in [2.05, 4.69) is 32.7 Å². The fourth-order valence-corrected chi connectivity index (χ4v) is 3.94. The van der Waals surface area contributed by atoms with Gasteiger partial charge in [-0.3, -0.25) is 9.59 Å². The van der Waals surface area contributed by atoms with Gasteiger partial charge in [-0.1, -0.05) is 36.4 Å². The molecule has 0 saturated carbocycles. The first kappa shape index (κ1) is 22.1. The number of rotatable bonds is 8. The minimum Gasteiger partial charge on any atom is -0.356 e. The highest BCUT2D eigenvalue weighted by Gasteiger charge is 2.26. The van der Waals surface area contributed by atoms with Gasteiger partial charge in [-0.2, -0.15) is 0 Å². The van der Waals surface area contributed by atoms with Crippen LogP contribution in [0.3, 0.4) is 0 Å². The third kappa shape index (κ3) is 6.45. The van der Waals surface area contributed by atoms with Crippen LogP contribution in [-0.2, 0) is 9.59 Å². The largest absolute Gasteiger partial charge is 0.356 e. The molecule has 2 amide bonds. The second kappa shape index (κ2) is 11.0. The van der Waals surface area contributed by atoms with E-state index in [1.807, 2.05) is 43.3 Å². The molecule has 0 aliphatic carbocycles. The smallest absolute Gasteiger partial charge is 0.234 e. The van der Waals surface area contributed by atoms with Crippen LogP contribution in [-0.4, -0.2) is 47.4 Å². The molecule has 2 heterocycles. The zero-order valence-electron chi connectivity index (χ0n) is 17.6. The average molecular weight is 428 g/mol. The number of anilines is 2. The summed E-state index contributed by atoms with van der Waals surface area (Å²) in [5, 5.41) is 15.1. The standard InChI is InChI=1S/C22H29N5O2S/c1-3-12-23-22(29)17-5-4-13-27(14-17)19-10-11-21(26-25-19)30-15-20(28)24-18-8-6-16(2)7-9-18/h6-11,17H,3-5,12-15H2,1-2H3,(H,23,29)(H,24,28). The SMILES string of the molecule is CCCNC(=O)C1CCCN(c2ccc(SCC(=O)Nc3ccc(C)cc3)nn2)C1. The maximum atomic E-state index is 12.3. The van der Waals surface area contributed by atoms with Crippen molar-refractivity contribution in [1.29, 1.82) is 0 Å². The molecule has 0 bridgehead atoms. The van der Waals surface area contributed by atoms with Gasteiger partial charge < -0.3 is 15.5 Å². The van der Waals surface area contributed by atoms with Crippen molar-refractivity contribution in [3.8, 4) is 0 Å². The van der Waals surface area contributed by atoms with Gasteiger partial charge in [0.05, 0.1) is 11.7 Å². The third-order valence-electron chi connectivity index (χ3n) is 4.98. The van der Waals surface area contributed by atoms with E-state index in [9.17, 15) is 9.59 Å². The van der Waals surface area contributed by atoms with Crippen LogP contribution >= 0.6 is 11.8 Å². The highest BCUT2D eigenvalue weighted by atomic mass is 32.2. The summed E-state index contributed by atoms with van der Waals surface area (Å²) in [5.41, 5.74) is 1.94. The number of aryl methyl sites for hydroxylation is 1. The lowest BCUT2D eigenvalue weighted by molar-refractivity contribution is -0.125.